The van der Waals surface area contributed by atoms with Gasteiger partial charge in [-0.1, -0.05) is 0 Å². The number of likely N-dealkylation sites (N-methyl/N-ethyl adjacent to an activating group) is 1. The number of aryl methyl sites for hydroxylation is 1. The zero-order chi connectivity index (χ0) is 12.1. The highest BCUT2D eigenvalue weighted by Gasteiger charge is 2.15. The molecule has 0 aliphatic carbocycles. The molecule has 1 aromatic heterocycles. The number of hydrogen-bond acceptors (Lipinski definition) is 4. The van der Waals surface area contributed by atoms with E-state index in [0.29, 0.717) is 6.10 Å². The van der Waals surface area contributed by atoms with Crippen LogP contribution in [0.15, 0.2) is 12.4 Å². The average Bonchev–Trinajstić information content (AvgIpc) is 2.74. The van der Waals surface area contributed by atoms with Crippen LogP contribution in [0.25, 0.3) is 0 Å². The summed E-state index contributed by atoms with van der Waals surface area (Å²) in [6.07, 6.45) is 4.21. The van der Waals surface area contributed by atoms with E-state index in [9.17, 15) is 0 Å². The van der Waals surface area contributed by atoms with E-state index in [1.165, 1.54) is 0 Å². The SMILES string of the molecule is Cc1nccn1CCN(C)CC1CNCCO1. The Morgan fingerprint density at radius 1 is 1.65 bits per heavy atom. The normalized spacial score (nSPS) is 21.0. The van der Waals surface area contributed by atoms with Crippen LogP contribution in [0.2, 0.25) is 0 Å². The lowest BCUT2D eigenvalue weighted by Gasteiger charge is -2.28. The van der Waals surface area contributed by atoms with Crippen molar-refractivity contribution in [1.82, 2.24) is 19.8 Å². The molecule has 0 radical (unpaired) electrons. The Balaban J connectivity index is 1.70. The molecule has 1 atom stereocenters. The molecule has 5 heteroatoms. The van der Waals surface area contributed by atoms with Crippen LogP contribution in [0, 0.1) is 6.92 Å². The number of morpholine rings is 1. The molecule has 0 amide bonds. The Bertz CT molecular complexity index is 333. The summed E-state index contributed by atoms with van der Waals surface area (Å²) in [5, 5.41) is 3.35. The van der Waals surface area contributed by atoms with Gasteiger partial charge in [0, 0.05) is 45.1 Å². The number of rotatable bonds is 5. The van der Waals surface area contributed by atoms with E-state index in [4.69, 9.17) is 4.74 Å². The van der Waals surface area contributed by atoms with Crippen LogP contribution in [0.1, 0.15) is 5.82 Å². The molecule has 0 spiro atoms. The molecule has 1 aliphatic rings. The number of imidazole rings is 1. The fourth-order valence-corrected chi connectivity index (χ4v) is 2.09. The van der Waals surface area contributed by atoms with Crippen molar-refractivity contribution in [1.29, 1.82) is 0 Å². The molecular weight excluding hydrogens is 216 g/mol. The molecule has 1 fully saturated rings. The summed E-state index contributed by atoms with van der Waals surface area (Å²) in [7, 11) is 2.14. The van der Waals surface area contributed by atoms with Gasteiger partial charge in [-0.2, -0.15) is 0 Å². The van der Waals surface area contributed by atoms with Crippen molar-refractivity contribution in [2.24, 2.45) is 0 Å². The largest absolute Gasteiger partial charge is 0.374 e. The molecule has 1 N–H and O–H groups in total. The van der Waals surface area contributed by atoms with E-state index in [2.05, 4.69) is 26.8 Å². The maximum Gasteiger partial charge on any atom is 0.105 e. The molecule has 1 unspecified atom stereocenters. The monoisotopic (exact) mass is 238 g/mol. The molecule has 0 bridgehead atoms. The lowest BCUT2D eigenvalue weighted by Crippen LogP contribution is -2.44. The van der Waals surface area contributed by atoms with Gasteiger partial charge in [-0.15, -0.1) is 0 Å². The number of hydrogen-bond donors (Lipinski definition) is 1. The number of ether oxygens (including phenoxy) is 1. The number of nitrogens with zero attached hydrogens (tertiary/aromatic N) is 3. The maximum atomic E-state index is 5.69. The summed E-state index contributed by atoms with van der Waals surface area (Å²) in [4.78, 5) is 6.54. The number of aromatic nitrogens is 2. The maximum absolute atomic E-state index is 5.69. The van der Waals surface area contributed by atoms with Crippen molar-refractivity contribution >= 4 is 0 Å². The summed E-state index contributed by atoms with van der Waals surface area (Å²) in [5.41, 5.74) is 0. The van der Waals surface area contributed by atoms with Crippen LogP contribution in [-0.4, -0.2) is 60.4 Å². The van der Waals surface area contributed by atoms with Crippen LogP contribution < -0.4 is 5.32 Å². The van der Waals surface area contributed by atoms with Crippen LogP contribution in [-0.2, 0) is 11.3 Å². The molecule has 0 aromatic carbocycles. The number of nitrogens with one attached hydrogen (secondary N) is 1. The third-order valence-electron chi connectivity index (χ3n) is 3.17. The standard InChI is InChI=1S/C12H22N4O/c1-11-14-3-5-16(11)7-6-15(2)10-12-9-13-4-8-17-12/h3,5,12-13H,4,6-10H2,1-2H3. The lowest BCUT2D eigenvalue weighted by atomic mass is 10.3. The Hall–Kier alpha value is -0.910. The predicted molar refractivity (Wildman–Crippen MR) is 67.1 cm³/mol. The Morgan fingerprint density at radius 3 is 3.18 bits per heavy atom. The van der Waals surface area contributed by atoms with Crippen molar-refractivity contribution in [3.05, 3.63) is 18.2 Å². The van der Waals surface area contributed by atoms with Gasteiger partial charge in [0.25, 0.3) is 0 Å². The van der Waals surface area contributed by atoms with Gasteiger partial charge in [0.15, 0.2) is 0 Å². The molecule has 96 valence electrons. The third kappa shape index (κ3) is 3.80. The first-order valence-corrected chi connectivity index (χ1v) is 6.24. The molecule has 0 saturated carbocycles. The summed E-state index contributed by atoms with van der Waals surface area (Å²) in [6.45, 7) is 7.82. The van der Waals surface area contributed by atoms with E-state index in [1.54, 1.807) is 0 Å². The zero-order valence-corrected chi connectivity index (χ0v) is 10.7. The van der Waals surface area contributed by atoms with Gasteiger partial charge < -0.3 is 19.5 Å². The van der Waals surface area contributed by atoms with Gasteiger partial charge in [-0.05, 0) is 14.0 Å². The molecule has 1 saturated heterocycles. The average molecular weight is 238 g/mol. The highest BCUT2D eigenvalue weighted by Crippen LogP contribution is 2.00. The molecule has 1 aromatic rings. The molecule has 2 heterocycles. The smallest absolute Gasteiger partial charge is 0.105 e. The second-order valence-electron chi connectivity index (χ2n) is 4.63. The molecule has 1 aliphatic heterocycles. The van der Waals surface area contributed by atoms with Gasteiger partial charge in [0.05, 0.1) is 12.7 Å². The van der Waals surface area contributed by atoms with Gasteiger partial charge >= 0.3 is 0 Å². The summed E-state index contributed by atoms with van der Waals surface area (Å²) in [6, 6.07) is 0. The van der Waals surface area contributed by atoms with Crippen molar-refractivity contribution < 1.29 is 4.74 Å². The van der Waals surface area contributed by atoms with Crippen LogP contribution >= 0.6 is 0 Å². The fraction of sp³-hybridized carbons (Fsp3) is 0.750. The second-order valence-corrected chi connectivity index (χ2v) is 4.63. The summed E-state index contributed by atoms with van der Waals surface area (Å²) in [5.74, 6) is 1.08. The van der Waals surface area contributed by atoms with Crippen molar-refractivity contribution in [3.8, 4) is 0 Å². The minimum Gasteiger partial charge on any atom is -0.374 e. The highest BCUT2D eigenvalue weighted by molar-refractivity contribution is 4.88. The van der Waals surface area contributed by atoms with E-state index < -0.39 is 0 Å². The second kappa shape index (κ2) is 6.14. The topological polar surface area (TPSA) is 42.3 Å². The fourth-order valence-electron chi connectivity index (χ4n) is 2.09. The van der Waals surface area contributed by atoms with Gasteiger partial charge in [0.2, 0.25) is 0 Å². The van der Waals surface area contributed by atoms with Gasteiger partial charge in [-0.3, -0.25) is 0 Å². The minimum absolute atomic E-state index is 0.331. The van der Waals surface area contributed by atoms with Crippen molar-refractivity contribution in [2.45, 2.75) is 19.6 Å². The molecule has 2 rings (SSSR count). The van der Waals surface area contributed by atoms with Crippen LogP contribution in [0.5, 0.6) is 0 Å². The predicted octanol–water partition coefficient (Wildman–Crippen LogP) is 0.112. The first-order valence-electron chi connectivity index (χ1n) is 6.24. The van der Waals surface area contributed by atoms with Gasteiger partial charge in [-0.25, -0.2) is 4.98 Å². The quantitative estimate of drug-likeness (QED) is 0.791. The van der Waals surface area contributed by atoms with E-state index in [0.717, 1.165) is 45.2 Å². The van der Waals surface area contributed by atoms with Crippen molar-refractivity contribution in [2.75, 3.05) is 39.8 Å². The molecule has 5 nitrogen and oxygen atoms in total. The Kier molecular flexibility index (Phi) is 4.53. The Morgan fingerprint density at radius 2 is 2.53 bits per heavy atom. The summed E-state index contributed by atoms with van der Waals surface area (Å²) < 4.78 is 7.86. The molecule has 17 heavy (non-hydrogen) atoms. The van der Waals surface area contributed by atoms with Crippen LogP contribution in [0.3, 0.4) is 0 Å². The molecular formula is C12H22N4O. The van der Waals surface area contributed by atoms with E-state index >= 15 is 0 Å². The lowest BCUT2D eigenvalue weighted by molar-refractivity contribution is 0.00962. The first kappa shape index (κ1) is 12.5. The van der Waals surface area contributed by atoms with Crippen LogP contribution in [0.4, 0.5) is 0 Å². The first-order chi connectivity index (χ1) is 8.25. The Labute approximate surface area is 103 Å². The van der Waals surface area contributed by atoms with Gasteiger partial charge in [0.1, 0.15) is 5.82 Å². The zero-order valence-electron chi connectivity index (χ0n) is 10.7. The van der Waals surface area contributed by atoms with E-state index in [1.807, 2.05) is 19.3 Å². The minimum atomic E-state index is 0.331. The van der Waals surface area contributed by atoms with Crippen molar-refractivity contribution in [3.63, 3.8) is 0 Å². The highest BCUT2D eigenvalue weighted by atomic mass is 16.5. The van der Waals surface area contributed by atoms with E-state index in [-0.39, 0.29) is 0 Å². The third-order valence-corrected chi connectivity index (χ3v) is 3.17. The summed E-state index contributed by atoms with van der Waals surface area (Å²) >= 11 is 0.